The highest BCUT2D eigenvalue weighted by Gasteiger charge is 2.14. The Labute approximate surface area is 144 Å². The fraction of sp³-hybridized carbons (Fsp3) is 0.500. The van der Waals surface area contributed by atoms with E-state index in [0.29, 0.717) is 6.54 Å². The van der Waals surface area contributed by atoms with Gasteiger partial charge < -0.3 is 10.2 Å². The smallest absolute Gasteiger partial charge is 0.252 e. The second-order valence-electron chi connectivity index (χ2n) is 6.79. The van der Waals surface area contributed by atoms with Crippen LogP contribution in [0.15, 0.2) is 24.3 Å². The summed E-state index contributed by atoms with van der Waals surface area (Å²) in [7, 11) is 0. The fourth-order valence-corrected chi connectivity index (χ4v) is 3.49. The molecule has 1 N–H and O–H groups in total. The molecular formula is C20H27N3O. The van der Waals surface area contributed by atoms with Crippen molar-refractivity contribution in [3.8, 4) is 0 Å². The van der Waals surface area contributed by atoms with Crippen LogP contribution >= 0.6 is 0 Å². The Morgan fingerprint density at radius 1 is 1.17 bits per heavy atom. The molecule has 2 aromatic rings. The quantitative estimate of drug-likeness (QED) is 0.936. The molecule has 1 fully saturated rings. The second-order valence-corrected chi connectivity index (χ2v) is 6.79. The summed E-state index contributed by atoms with van der Waals surface area (Å²) in [6.07, 6.45) is 5.23. The van der Waals surface area contributed by atoms with Crippen LogP contribution in [-0.4, -0.2) is 42.0 Å². The SMILES string of the molecule is Cc1cc(C(=O)NCCN2CCCCCC2)c2cccc(C)c2n1. The maximum Gasteiger partial charge on any atom is 0.252 e. The number of carbonyl (C=O) groups is 1. The molecule has 1 amide bonds. The van der Waals surface area contributed by atoms with Gasteiger partial charge in [-0.2, -0.15) is 0 Å². The molecule has 0 bridgehead atoms. The first-order valence-corrected chi connectivity index (χ1v) is 9.02. The molecule has 1 saturated heterocycles. The normalized spacial score (nSPS) is 16.1. The summed E-state index contributed by atoms with van der Waals surface area (Å²) < 4.78 is 0. The van der Waals surface area contributed by atoms with Gasteiger partial charge in [-0.1, -0.05) is 31.0 Å². The molecule has 3 rings (SSSR count). The van der Waals surface area contributed by atoms with Crippen LogP contribution in [-0.2, 0) is 0 Å². The van der Waals surface area contributed by atoms with Crippen molar-refractivity contribution in [2.75, 3.05) is 26.2 Å². The third-order valence-electron chi connectivity index (χ3n) is 4.83. The molecule has 4 heteroatoms. The van der Waals surface area contributed by atoms with Crippen LogP contribution in [0.25, 0.3) is 10.9 Å². The van der Waals surface area contributed by atoms with Crippen molar-refractivity contribution < 1.29 is 4.79 Å². The number of likely N-dealkylation sites (tertiary alicyclic amines) is 1. The number of nitrogens with zero attached hydrogens (tertiary/aromatic N) is 2. The lowest BCUT2D eigenvalue weighted by molar-refractivity contribution is 0.0950. The van der Waals surface area contributed by atoms with E-state index in [9.17, 15) is 4.79 Å². The third-order valence-corrected chi connectivity index (χ3v) is 4.83. The minimum Gasteiger partial charge on any atom is -0.351 e. The molecule has 4 nitrogen and oxygen atoms in total. The maximum atomic E-state index is 12.7. The summed E-state index contributed by atoms with van der Waals surface area (Å²) in [4.78, 5) is 19.7. The molecule has 0 aliphatic carbocycles. The Hall–Kier alpha value is -1.94. The number of hydrogen-bond donors (Lipinski definition) is 1. The Balaban J connectivity index is 1.68. The number of nitrogens with one attached hydrogen (secondary N) is 1. The number of pyridine rings is 1. The van der Waals surface area contributed by atoms with Gasteiger partial charge in [0.25, 0.3) is 5.91 Å². The number of rotatable bonds is 4. The van der Waals surface area contributed by atoms with E-state index in [-0.39, 0.29) is 5.91 Å². The molecule has 1 aliphatic heterocycles. The molecule has 1 aromatic carbocycles. The van der Waals surface area contributed by atoms with Gasteiger partial charge in [-0.3, -0.25) is 9.78 Å². The van der Waals surface area contributed by atoms with Crippen LogP contribution in [0.4, 0.5) is 0 Å². The predicted molar refractivity (Wildman–Crippen MR) is 98.5 cm³/mol. The highest BCUT2D eigenvalue weighted by Crippen LogP contribution is 2.21. The number of carbonyl (C=O) groups excluding carboxylic acids is 1. The molecule has 1 aromatic heterocycles. The lowest BCUT2D eigenvalue weighted by Gasteiger charge is -2.20. The van der Waals surface area contributed by atoms with Gasteiger partial charge in [0.15, 0.2) is 0 Å². The molecule has 0 saturated carbocycles. The number of para-hydroxylation sites is 1. The minimum absolute atomic E-state index is 0.00548. The van der Waals surface area contributed by atoms with Crippen molar-refractivity contribution in [2.45, 2.75) is 39.5 Å². The average molecular weight is 325 g/mol. The molecule has 0 atom stereocenters. The number of aryl methyl sites for hydroxylation is 2. The Bertz CT molecular complexity index is 718. The zero-order valence-electron chi connectivity index (χ0n) is 14.8. The standard InChI is InChI=1S/C20H27N3O/c1-15-8-7-9-17-18(14-16(2)22-19(15)17)20(24)21-10-13-23-11-5-3-4-6-12-23/h7-9,14H,3-6,10-13H2,1-2H3,(H,21,24). The number of aromatic nitrogens is 1. The molecular weight excluding hydrogens is 298 g/mol. The summed E-state index contributed by atoms with van der Waals surface area (Å²) in [5.41, 5.74) is 3.65. The van der Waals surface area contributed by atoms with Gasteiger partial charge >= 0.3 is 0 Å². The lowest BCUT2D eigenvalue weighted by atomic mass is 10.0. The fourth-order valence-electron chi connectivity index (χ4n) is 3.49. The minimum atomic E-state index is 0.00548. The third kappa shape index (κ3) is 3.93. The van der Waals surface area contributed by atoms with E-state index in [1.807, 2.05) is 38.1 Å². The van der Waals surface area contributed by atoms with E-state index < -0.39 is 0 Å². The average Bonchev–Trinajstić information content (AvgIpc) is 2.84. The van der Waals surface area contributed by atoms with Crippen LogP contribution in [0.2, 0.25) is 0 Å². The first-order chi connectivity index (χ1) is 11.6. The first-order valence-electron chi connectivity index (χ1n) is 9.02. The summed E-state index contributed by atoms with van der Waals surface area (Å²) in [5.74, 6) is 0.00548. The van der Waals surface area contributed by atoms with Crippen molar-refractivity contribution in [3.63, 3.8) is 0 Å². The predicted octanol–water partition coefficient (Wildman–Crippen LogP) is 3.46. The monoisotopic (exact) mass is 325 g/mol. The van der Waals surface area contributed by atoms with Crippen molar-refractivity contribution in [1.82, 2.24) is 15.2 Å². The van der Waals surface area contributed by atoms with Crippen molar-refractivity contribution >= 4 is 16.8 Å². The number of benzene rings is 1. The lowest BCUT2D eigenvalue weighted by Crippen LogP contribution is -2.35. The zero-order valence-corrected chi connectivity index (χ0v) is 14.8. The molecule has 24 heavy (non-hydrogen) atoms. The molecule has 128 valence electrons. The second kappa shape index (κ2) is 7.75. The van der Waals surface area contributed by atoms with Crippen LogP contribution in [0.5, 0.6) is 0 Å². The number of amides is 1. The molecule has 0 spiro atoms. The summed E-state index contributed by atoms with van der Waals surface area (Å²) in [6, 6.07) is 7.90. The van der Waals surface area contributed by atoms with E-state index in [4.69, 9.17) is 0 Å². The van der Waals surface area contributed by atoms with E-state index in [2.05, 4.69) is 15.2 Å². The Morgan fingerprint density at radius 2 is 1.92 bits per heavy atom. The summed E-state index contributed by atoms with van der Waals surface area (Å²) in [5, 5.41) is 4.03. The van der Waals surface area contributed by atoms with Crippen molar-refractivity contribution in [3.05, 3.63) is 41.1 Å². The largest absolute Gasteiger partial charge is 0.351 e. The zero-order chi connectivity index (χ0) is 16.9. The van der Waals surface area contributed by atoms with Gasteiger partial charge in [-0.15, -0.1) is 0 Å². The Kier molecular flexibility index (Phi) is 5.46. The molecule has 2 heterocycles. The highest BCUT2D eigenvalue weighted by molar-refractivity contribution is 6.06. The van der Waals surface area contributed by atoms with Gasteiger partial charge in [-0.25, -0.2) is 0 Å². The van der Waals surface area contributed by atoms with E-state index >= 15 is 0 Å². The van der Waals surface area contributed by atoms with E-state index in [1.54, 1.807) is 0 Å². The number of hydrogen-bond acceptors (Lipinski definition) is 3. The maximum absolute atomic E-state index is 12.7. The van der Waals surface area contributed by atoms with Crippen LogP contribution < -0.4 is 5.32 Å². The van der Waals surface area contributed by atoms with Gasteiger partial charge in [0.1, 0.15) is 0 Å². The molecule has 1 aliphatic rings. The molecule has 0 unspecified atom stereocenters. The van der Waals surface area contributed by atoms with Crippen LogP contribution in [0.1, 0.15) is 47.3 Å². The van der Waals surface area contributed by atoms with Crippen molar-refractivity contribution in [2.24, 2.45) is 0 Å². The van der Waals surface area contributed by atoms with E-state index in [1.165, 1.54) is 25.7 Å². The number of fused-ring (bicyclic) bond motifs is 1. The van der Waals surface area contributed by atoms with Crippen LogP contribution in [0.3, 0.4) is 0 Å². The van der Waals surface area contributed by atoms with Gasteiger partial charge in [0.2, 0.25) is 0 Å². The van der Waals surface area contributed by atoms with Crippen molar-refractivity contribution in [1.29, 1.82) is 0 Å². The first kappa shape index (κ1) is 16.9. The topological polar surface area (TPSA) is 45.2 Å². The summed E-state index contributed by atoms with van der Waals surface area (Å²) in [6.45, 7) is 7.94. The summed E-state index contributed by atoms with van der Waals surface area (Å²) >= 11 is 0. The molecule has 0 radical (unpaired) electrons. The highest BCUT2D eigenvalue weighted by atomic mass is 16.1. The van der Waals surface area contributed by atoms with Gasteiger partial charge in [0, 0.05) is 24.2 Å². The Morgan fingerprint density at radius 3 is 2.67 bits per heavy atom. The van der Waals surface area contributed by atoms with E-state index in [0.717, 1.165) is 47.4 Å². The van der Waals surface area contributed by atoms with Crippen LogP contribution in [0, 0.1) is 13.8 Å². The van der Waals surface area contributed by atoms with Gasteiger partial charge in [-0.05, 0) is 51.4 Å². The van der Waals surface area contributed by atoms with Gasteiger partial charge in [0.05, 0.1) is 11.1 Å².